The molecule has 0 aliphatic heterocycles. The minimum Gasteiger partial charge on any atom is -0.454 e. The van der Waals surface area contributed by atoms with E-state index in [-0.39, 0.29) is 0 Å². The third kappa shape index (κ3) is 2.25. The highest BCUT2D eigenvalue weighted by atomic mass is 35.5. The predicted octanol–water partition coefficient (Wildman–Crippen LogP) is 3.42. The van der Waals surface area contributed by atoms with Crippen molar-refractivity contribution in [1.29, 1.82) is 0 Å². The molecule has 0 saturated heterocycles. The Kier molecular flexibility index (Phi) is 2.97. The molecule has 2 rings (SSSR count). The summed E-state index contributed by atoms with van der Waals surface area (Å²) in [5.41, 5.74) is 7.50. The van der Waals surface area contributed by atoms with Gasteiger partial charge in [0.15, 0.2) is 5.75 Å². The second-order valence-corrected chi connectivity index (χ2v) is 3.86. The number of halogens is 1. The first-order chi connectivity index (χ1) is 7.66. The zero-order valence-corrected chi connectivity index (χ0v) is 9.53. The van der Waals surface area contributed by atoms with Crippen LogP contribution in [0.4, 0.5) is 5.69 Å². The molecular formula is C12H11ClN2O. The number of nitrogens with two attached hydrogens (primary N) is 1. The smallest absolute Gasteiger partial charge is 0.150 e. The molecule has 1 aromatic carbocycles. The fourth-order valence-electron chi connectivity index (χ4n) is 1.32. The van der Waals surface area contributed by atoms with Crippen molar-refractivity contribution >= 4 is 17.3 Å². The Balaban J connectivity index is 2.31. The summed E-state index contributed by atoms with van der Waals surface area (Å²) in [6.45, 7) is 1.93. The highest BCUT2D eigenvalue weighted by Crippen LogP contribution is 2.29. The van der Waals surface area contributed by atoms with Gasteiger partial charge in [0, 0.05) is 12.3 Å². The van der Waals surface area contributed by atoms with Crippen LogP contribution in [0.1, 0.15) is 5.56 Å². The lowest BCUT2D eigenvalue weighted by atomic mass is 10.2. The number of para-hydroxylation sites is 1. The lowest BCUT2D eigenvalue weighted by Gasteiger charge is -2.09. The van der Waals surface area contributed by atoms with Crippen molar-refractivity contribution in [1.82, 2.24) is 4.98 Å². The van der Waals surface area contributed by atoms with Crippen LogP contribution in [-0.4, -0.2) is 4.98 Å². The second-order valence-electron chi connectivity index (χ2n) is 3.43. The van der Waals surface area contributed by atoms with Crippen molar-refractivity contribution in [3.8, 4) is 11.5 Å². The average Bonchev–Trinajstić information content (AvgIpc) is 2.25. The summed E-state index contributed by atoms with van der Waals surface area (Å²) >= 11 is 5.81. The van der Waals surface area contributed by atoms with Crippen molar-refractivity contribution in [2.75, 3.05) is 5.73 Å². The molecule has 4 heteroatoms. The van der Waals surface area contributed by atoms with Crippen molar-refractivity contribution in [3.05, 3.63) is 47.2 Å². The van der Waals surface area contributed by atoms with Crippen molar-refractivity contribution in [3.63, 3.8) is 0 Å². The van der Waals surface area contributed by atoms with Crippen LogP contribution in [0, 0.1) is 6.92 Å². The summed E-state index contributed by atoms with van der Waals surface area (Å²) in [4.78, 5) is 3.93. The van der Waals surface area contributed by atoms with E-state index in [1.165, 1.54) is 0 Å². The van der Waals surface area contributed by atoms with Crippen molar-refractivity contribution in [2.45, 2.75) is 6.92 Å². The van der Waals surface area contributed by atoms with Crippen LogP contribution in [0.2, 0.25) is 5.02 Å². The van der Waals surface area contributed by atoms with Gasteiger partial charge in [-0.15, -0.1) is 0 Å². The van der Waals surface area contributed by atoms with Crippen molar-refractivity contribution < 1.29 is 4.74 Å². The monoisotopic (exact) mass is 234 g/mol. The van der Waals surface area contributed by atoms with E-state index in [4.69, 9.17) is 22.1 Å². The first kappa shape index (κ1) is 10.8. The van der Waals surface area contributed by atoms with E-state index in [0.29, 0.717) is 22.2 Å². The number of nitrogen functional groups attached to an aromatic ring is 1. The van der Waals surface area contributed by atoms with Gasteiger partial charge in [0.2, 0.25) is 0 Å². The number of aryl methyl sites for hydroxylation is 1. The minimum absolute atomic E-state index is 0.531. The Hall–Kier alpha value is -1.74. The van der Waals surface area contributed by atoms with E-state index < -0.39 is 0 Å². The molecule has 82 valence electrons. The highest BCUT2D eigenvalue weighted by Gasteiger charge is 2.04. The number of hydrogen-bond donors (Lipinski definition) is 1. The van der Waals surface area contributed by atoms with E-state index >= 15 is 0 Å². The van der Waals surface area contributed by atoms with E-state index in [9.17, 15) is 0 Å². The largest absolute Gasteiger partial charge is 0.454 e. The van der Waals surface area contributed by atoms with Crippen LogP contribution >= 0.6 is 11.6 Å². The molecule has 16 heavy (non-hydrogen) atoms. The molecule has 2 aromatic rings. The third-order valence-corrected chi connectivity index (χ3v) is 2.40. The first-order valence-electron chi connectivity index (χ1n) is 4.80. The van der Waals surface area contributed by atoms with E-state index in [0.717, 1.165) is 5.56 Å². The number of benzene rings is 1. The fourth-order valence-corrected chi connectivity index (χ4v) is 1.48. The summed E-state index contributed by atoms with van der Waals surface area (Å²) in [6.07, 6.45) is 3.14. The Morgan fingerprint density at radius 3 is 2.88 bits per heavy atom. The molecular weight excluding hydrogens is 224 g/mol. The van der Waals surface area contributed by atoms with Crippen molar-refractivity contribution in [2.24, 2.45) is 0 Å². The van der Waals surface area contributed by atoms with Gasteiger partial charge in [-0.1, -0.05) is 23.7 Å². The standard InChI is InChI=1S/C12H11ClN2O/c1-8-3-2-4-11(12(8)14)16-10-5-9(13)6-15-7-10/h2-7H,14H2,1H3. The normalized spacial score (nSPS) is 10.1. The van der Waals surface area contributed by atoms with Gasteiger partial charge in [-0.25, -0.2) is 0 Å². The maximum atomic E-state index is 5.89. The van der Waals surface area contributed by atoms with Gasteiger partial charge in [0.05, 0.1) is 16.9 Å². The van der Waals surface area contributed by atoms with Gasteiger partial charge < -0.3 is 10.5 Å². The topological polar surface area (TPSA) is 48.1 Å². The molecule has 0 saturated carbocycles. The molecule has 0 amide bonds. The number of anilines is 1. The Labute approximate surface area is 98.8 Å². The van der Waals surface area contributed by atoms with Crippen LogP contribution in [-0.2, 0) is 0 Å². The summed E-state index contributed by atoms with van der Waals surface area (Å²) in [7, 11) is 0. The lowest BCUT2D eigenvalue weighted by molar-refractivity contribution is 0.482. The predicted molar refractivity (Wildman–Crippen MR) is 64.9 cm³/mol. The Morgan fingerprint density at radius 2 is 2.12 bits per heavy atom. The molecule has 0 aliphatic rings. The zero-order chi connectivity index (χ0) is 11.5. The van der Waals surface area contributed by atoms with Crippen LogP contribution in [0.25, 0.3) is 0 Å². The van der Waals surface area contributed by atoms with Crippen LogP contribution in [0.5, 0.6) is 11.5 Å². The Morgan fingerprint density at radius 1 is 1.31 bits per heavy atom. The number of ether oxygens (including phenoxy) is 1. The number of aromatic nitrogens is 1. The second kappa shape index (κ2) is 4.41. The van der Waals surface area contributed by atoms with E-state index in [1.54, 1.807) is 18.5 Å². The van der Waals surface area contributed by atoms with E-state index in [2.05, 4.69) is 4.98 Å². The molecule has 0 fully saturated rings. The van der Waals surface area contributed by atoms with Gasteiger partial charge in [0.25, 0.3) is 0 Å². The van der Waals surface area contributed by atoms with Crippen LogP contribution in [0.3, 0.4) is 0 Å². The van der Waals surface area contributed by atoms with Gasteiger partial charge >= 0.3 is 0 Å². The molecule has 0 bridgehead atoms. The van der Waals surface area contributed by atoms with Crippen LogP contribution < -0.4 is 10.5 Å². The summed E-state index contributed by atoms with van der Waals surface area (Å²) < 4.78 is 5.60. The Bertz CT molecular complexity index is 514. The molecule has 1 heterocycles. The van der Waals surface area contributed by atoms with Gasteiger partial charge in [-0.2, -0.15) is 0 Å². The molecule has 0 aliphatic carbocycles. The molecule has 0 radical (unpaired) electrons. The third-order valence-electron chi connectivity index (χ3n) is 2.19. The zero-order valence-electron chi connectivity index (χ0n) is 8.77. The van der Waals surface area contributed by atoms with Gasteiger partial charge in [-0.3, -0.25) is 4.98 Å². The molecule has 0 spiro atoms. The maximum absolute atomic E-state index is 5.89. The minimum atomic E-state index is 0.531. The summed E-state index contributed by atoms with van der Waals surface area (Å²) in [6, 6.07) is 7.32. The molecule has 2 N–H and O–H groups in total. The van der Waals surface area contributed by atoms with Gasteiger partial charge in [-0.05, 0) is 18.6 Å². The highest BCUT2D eigenvalue weighted by molar-refractivity contribution is 6.30. The lowest BCUT2D eigenvalue weighted by Crippen LogP contribution is -1.94. The molecule has 0 unspecified atom stereocenters. The first-order valence-corrected chi connectivity index (χ1v) is 5.18. The fraction of sp³-hybridized carbons (Fsp3) is 0.0833. The van der Waals surface area contributed by atoms with Crippen LogP contribution in [0.15, 0.2) is 36.7 Å². The summed E-state index contributed by atoms with van der Waals surface area (Å²) in [5, 5.41) is 0.531. The number of rotatable bonds is 2. The molecule has 1 aromatic heterocycles. The molecule has 0 atom stereocenters. The quantitative estimate of drug-likeness (QED) is 0.810. The van der Waals surface area contributed by atoms with E-state index in [1.807, 2.05) is 25.1 Å². The number of pyridine rings is 1. The SMILES string of the molecule is Cc1cccc(Oc2cncc(Cl)c2)c1N. The molecule has 3 nitrogen and oxygen atoms in total. The summed E-state index contributed by atoms with van der Waals surface area (Å²) in [5.74, 6) is 1.19. The average molecular weight is 235 g/mol. The number of nitrogens with zero attached hydrogens (tertiary/aromatic N) is 1. The van der Waals surface area contributed by atoms with Gasteiger partial charge in [0.1, 0.15) is 5.75 Å². The number of hydrogen-bond acceptors (Lipinski definition) is 3. The maximum Gasteiger partial charge on any atom is 0.150 e.